The zero-order chi connectivity index (χ0) is 13.0. The normalized spacial score (nSPS) is 14.4. The number of carbonyl (C=O) groups is 1. The van der Waals surface area contributed by atoms with Crippen molar-refractivity contribution in [3.05, 3.63) is 18.0 Å². The van der Waals surface area contributed by atoms with Crippen molar-refractivity contribution >= 4 is 5.91 Å². The van der Waals surface area contributed by atoms with Crippen LogP contribution in [0.2, 0.25) is 0 Å². The summed E-state index contributed by atoms with van der Waals surface area (Å²) in [4.78, 5) is 13.6. The van der Waals surface area contributed by atoms with Gasteiger partial charge in [-0.15, -0.1) is 0 Å². The summed E-state index contributed by atoms with van der Waals surface area (Å²) in [5, 5.41) is 7.40. The van der Waals surface area contributed by atoms with Gasteiger partial charge in [0.25, 0.3) is 0 Å². The Morgan fingerprint density at radius 1 is 1.59 bits per heavy atom. The third-order valence-corrected chi connectivity index (χ3v) is 2.95. The van der Waals surface area contributed by atoms with Crippen molar-refractivity contribution in [2.75, 3.05) is 13.6 Å². The molecular formula is C12H22N4O. The Morgan fingerprint density at radius 2 is 2.24 bits per heavy atom. The van der Waals surface area contributed by atoms with Crippen molar-refractivity contribution in [1.82, 2.24) is 20.0 Å². The van der Waals surface area contributed by atoms with Gasteiger partial charge in [-0.25, -0.2) is 0 Å². The molecule has 1 N–H and O–H groups in total. The number of hydrogen-bond donors (Lipinski definition) is 1. The fraction of sp³-hybridized carbons (Fsp3) is 0.667. The Kier molecular flexibility index (Phi) is 4.69. The fourth-order valence-corrected chi connectivity index (χ4v) is 1.69. The number of carbonyl (C=O) groups excluding carboxylic acids is 1. The number of hydrogen-bond acceptors (Lipinski definition) is 3. The predicted octanol–water partition coefficient (Wildman–Crippen LogP) is 0.937. The molecule has 5 heteroatoms. The van der Waals surface area contributed by atoms with E-state index in [4.69, 9.17) is 0 Å². The lowest BCUT2D eigenvalue weighted by Crippen LogP contribution is -2.43. The van der Waals surface area contributed by atoms with Crippen molar-refractivity contribution in [3.8, 4) is 0 Å². The number of aryl methyl sites for hydroxylation is 1. The van der Waals surface area contributed by atoms with Crippen molar-refractivity contribution in [3.63, 3.8) is 0 Å². The van der Waals surface area contributed by atoms with E-state index in [1.54, 1.807) is 9.58 Å². The molecule has 0 aliphatic rings. The highest BCUT2D eigenvalue weighted by atomic mass is 16.2. The van der Waals surface area contributed by atoms with Crippen LogP contribution in [0.1, 0.15) is 32.4 Å². The molecule has 17 heavy (non-hydrogen) atoms. The molecule has 0 aromatic carbocycles. The molecule has 1 aromatic heterocycles. The molecule has 1 heterocycles. The SMILES string of the molecule is CCN(C)C(=O)C(C)NC(C)c1cnn(C)c1. The molecule has 0 radical (unpaired) electrons. The van der Waals surface area contributed by atoms with Gasteiger partial charge in [-0.1, -0.05) is 0 Å². The minimum absolute atomic E-state index is 0.114. The molecule has 0 spiro atoms. The van der Waals surface area contributed by atoms with Crippen LogP contribution in [-0.2, 0) is 11.8 Å². The van der Waals surface area contributed by atoms with Crippen molar-refractivity contribution in [1.29, 1.82) is 0 Å². The van der Waals surface area contributed by atoms with Crippen LogP contribution in [0.5, 0.6) is 0 Å². The first-order chi connectivity index (χ1) is 7.95. The van der Waals surface area contributed by atoms with Crippen molar-refractivity contribution in [2.24, 2.45) is 7.05 Å². The summed E-state index contributed by atoms with van der Waals surface area (Å²) in [6.45, 7) is 6.62. The molecule has 0 saturated heterocycles. The number of amides is 1. The van der Waals surface area contributed by atoms with Gasteiger partial charge in [0.05, 0.1) is 12.2 Å². The second kappa shape index (κ2) is 5.82. The molecule has 2 atom stereocenters. The van der Waals surface area contributed by atoms with E-state index < -0.39 is 0 Å². The standard InChI is InChI=1S/C12H22N4O/c1-6-15(4)12(17)10(3)14-9(2)11-7-13-16(5)8-11/h7-10,14H,6H2,1-5H3. The van der Waals surface area contributed by atoms with Gasteiger partial charge in [0.15, 0.2) is 0 Å². The Morgan fingerprint density at radius 3 is 2.71 bits per heavy atom. The fourth-order valence-electron chi connectivity index (χ4n) is 1.69. The first-order valence-electron chi connectivity index (χ1n) is 5.95. The largest absolute Gasteiger partial charge is 0.345 e. The number of rotatable bonds is 5. The van der Waals surface area contributed by atoms with Crippen molar-refractivity contribution in [2.45, 2.75) is 32.9 Å². The summed E-state index contributed by atoms with van der Waals surface area (Å²) < 4.78 is 1.76. The molecule has 0 aliphatic heterocycles. The molecule has 5 nitrogen and oxygen atoms in total. The zero-order valence-corrected chi connectivity index (χ0v) is 11.3. The van der Waals surface area contributed by atoms with Crippen LogP contribution in [0, 0.1) is 0 Å². The number of aromatic nitrogens is 2. The predicted molar refractivity (Wildman–Crippen MR) is 67.5 cm³/mol. The van der Waals surface area contributed by atoms with E-state index in [9.17, 15) is 4.79 Å². The lowest BCUT2D eigenvalue weighted by molar-refractivity contribution is -0.131. The first-order valence-corrected chi connectivity index (χ1v) is 5.95. The van der Waals surface area contributed by atoms with E-state index in [0.29, 0.717) is 0 Å². The van der Waals surface area contributed by atoms with Gasteiger partial charge < -0.3 is 4.90 Å². The summed E-state index contributed by atoms with van der Waals surface area (Å²) in [6, 6.07) is -0.0666. The van der Waals surface area contributed by atoms with Gasteiger partial charge in [-0.3, -0.25) is 14.8 Å². The van der Waals surface area contributed by atoms with Crippen LogP contribution >= 0.6 is 0 Å². The third kappa shape index (κ3) is 3.56. The Hall–Kier alpha value is -1.36. The molecule has 1 amide bonds. The van der Waals surface area contributed by atoms with E-state index in [2.05, 4.69) is 10.4 Å². The second-order valence-electron chi connectivity index (χ2n) is 4.41. The highest BCUT2D eigenvalue weighted by Gasteiger charge is 2.19. The zero-order valence-electron chi connectivity index (χ0n) is 11.3. The summed E-state index contributed by atoms with van der Waals surface area (Å²) in [7, 11) is 3.70. The molecule has 96 valence electrons. The van der Waals surface area contributed by atoms with Gasteiger partial charge in [-0.05, 0) is 20.8 Å². The summed E-state index contributed by atoms with van der Waals surface area (Å²) >= 11 is 0. The van der Waals surface area contributed by atoms with E-state index in [-0.39, 0.29) is 18.0 Å². The average Bonchev–Trinajstić information content (AvgIpc) is 2.73. The second-order valence-corrected chi connectivity index (χ2v) is 4.41. The molecule has 0 aliphatic carbocycles. The van der Waals surface area contributed by atoms with Crippen LogP contribution in [0.4, 0.5) is 0 Å². The Balaban J connectivity index is 2.56. The monoisotopic (exact) mass is 238 g/mol. The molecule has 0 fully saturated rings. The maximum atomic E-state index is 11.9. The lowest BCUT2D eigenvalue weighted by atomic mass is 10.1. The molecule has 0 saturated carbocycles. The van der Waals surface area contributed by atoms with Gasteiger partial charge in [0.2, 0.25) is 5.91 Å². The third-order valence-electron chi connectivity index (χ3n) is 2.95. The van der Waals surface area contributed by atoms with E-state index in [0.717, 1.165) is 12.1 Å². The van der Waals surface area contributed by atoms with E-state index in [1.807, 2.05) is 47.3 Å². The smallest absolute Gasteiger partial charge is 0.239 e. The van der Waals surface area contributed by atoms with Gasteiger partial charge in [0.1, 0.15) is 0 Å². The minimum atomic E-state index is -0.185. The quantitative estimate of drug-likeness (QED) is 0.830. The van der Waals surface area contributed by atoms with Crippen LogP contribution in [0.15, 0.2) is 12.4 Å². The number of nitrogens with zero attached hydrogens (tertiary/aromatic N) is 3. The van der Waals surface area contributed by atoms with Crippen LogP contribution in [0.25, 0.3) is 0 Å². The minimum Gasteiger partial charge on any atom is -0.345 e. The van der Waals surface area contributed by atoms with Gasteiger partial charge >= 0.3 is 0 Å². The molecule has 1 rings (SSSR count). The summed E-state index contributed by atoms with van der Waals surface area (Å²) in [6.07, 6.45) is 3.77. The molecular weight excluding hydrogens is 216 g/mol. The average molecular weight is 238 g/mol. The van der Waals surface area contributed by atoms with Crippen LogP contribution in [-0.4, -0.2) is 40.2 Å². The molecule has 2 unspecified atom stereocenters. The van der Waals surface area contributed by atoms with Crippen LogP contribution in [0.3, 0.4) is 0 Å². The van der Waals surface area contributed by atoms with Crippen molar-refractivity contribution < 1.29 is 4.79 Å². The number of nitrogens with one attached hydrogen (secondary N) is 1. The highest BCUT2D eigenvalue weighted by molar-refractivity contribution is 5.81. The molecule has 0 bridgehead atoms. The maximum absolute atomic E-state index is 11.9. The Bertz CT molecular complexity index is 374. The molecule has 1 aromatic rings. The van der Waals surface area contributed by atoms with E-state index >= 15 is 0 Å². The highest BCUT2D eigenvalue weighted by Crippen LogP contribution is 2.11. The van der Waals surface area contributed by atoms with Gasteiger partial charge in [-0.2, -0.15) is 5.10 Å². The first kappa shape index (κ1) is 13.7. The summed E-state index contributed by atoms with van der Waals surface area (Å²) in [5.74, 6) is 0.114. The number of likely N-dealkylation sites (N-methyl/N-ethyl adjacent to an activating group) is 1. The van der Waals surface area contributed by atoms with Gasteiger partial charge in [0, 0.05) is 38.4 Å². The maximum Gasteiger partial charge on any atom is 0.239 e. The van der Waals surface area contributed by atoms with E-state index in [1.165, 1.54) is 0 Å². The summed E-state index contributed by atoms with van der Waals surface area (Å²) in [5.41, 5.74) is 1.09. The Labute approximate surface area is 103 Å². The van der Waals surface area contributed by atoms with Crippen LogP contribution < -0.4 is 5.32 Å². The topological polar surface area (TPSA) is 50.2 Å². The lowest BCUT2D eigenvalue weighted by Gasteiger charge is -2.23.